The summed E-state index contributed by atoms with van der Waals surface area (Å²) in [4.78, 5) is 21.5. The normalized spacial score (nSPS) is 22.0. The molecule has 1 fully saturated rings. The highest BCUT2D eigenvalue weighted by Crippen LogP contribution is 2.33. The quantitative estimate of drug-likeness (QED) is 0.521. The van der Waals surface area contributed by atoms with E-state index in [1.165, 1.54) is 6.08 Å². The summed E-state index contributed by atoms with van der Waals surface area (Å²) in [7, 11) is 0. The Morgan fingerprint density at radius 2 is 1.85 bits per heavy atom. The fraction of sp³-hybridized carbons (Fsp3) is 0.400. The number of nitro groups is 1. The van der Waals surface area contributed by atoms with Gasteiger partial charge in [0.05, 0.1) is 4.92 Å². The number of hydrogen-bond acceptors (Lipinski definition) is 3. The van der Waals surface area contributed by atoms with Crippen LogP contribution in [0.1, 0.15) is 37.2 Å². The molecule has 1 aromatic rings. The van der Waals surface area contributed by atoms with Crippen molar-refractivity contribution in [2.75, 3.05) is 0 Å². The van der Waals surface area contributed by atoms with Gasteiger partial charge in [0.15, 0.2) is 0 Å². The largest absolute Gasteiger partial charge is 0.350 e. The third kappa shape index (κ3) is 3.44. The second-order valence-corrected chi connectivity index (χ2v) is 5.11. The first-order valence-corrected chi connectivity index (χ1v) is 6.77. The van der Waals surface area contributed by atoms with Crippen molar-refractivity contribution in [3.63, 3.8) is 0 Å². The van der Waals surface area contributed by atoms with Crippen molar-refractivity contribution >= 4 is 11.6 Å². The Morgan fingerprint density at radius 1 is 1.25 bits per heavy atom. The van der Waals surface area contributed by atoms with Crippen molar-refractivity contribution in [1.29, 1.82) is 0 Å². The molecule has 5 nitrogen and oxygen atoms in total. The summed E-state index contributed by atoms with van der Waals surface area (Å²) in [5.74, 6) is 0.302. The minimum atomic E-state index is -0.383. The summed E-state index contributed by atoms with van der Waals surface area (Å²) < 4.78 is 0. The molecule has 0 aromatic heterocycles. The first-order chi connectivity index (χ1) is 9.60. The smallest absolute Gasteiger partial charge is 0.269 e. The molecule has 1 aliphatic carbocycles. The molecule has 106 valence electrons. The molecule has 5 heteroatoms. The Hall–Kier alpha value is -2.17. The third-order valence-electron chi connectivity index (χ3n) is 3.83. The zero-order chi connectivity index (χ0) is 14.5. The fourth-order valence-corrected chi connectivity index (χ4v) is 2.70. The number of carbonyl (C=O) groups is 1. The molecule has 1 aliphatic rings. The summed E-state index contributed by atoms with van der Waals surface area (Å²) in [6, 6.07) is 7.01. The molecule has 0 saturated heterocycles. The first kappa shape index (κ1) is 14.2. The van der Waals surface area contributed by atoms with E-state index >= 15 is 0 Å². The van der Waals surface area contributed by atoms with Crippen molar-refractivity contribution in [2.24, 2.45) is 0 Å². The second-order valence-electron chi connectivity index (χ2n) is 5.11. The van der Waals surface area contributed by atoms with E-state index in [-0.39, 0.29) is 22.6 Å². The van der Waals surface area contributed by atoms with Crippen LogP contribution >= 0.6 is 0 Å². The van der Waals surface area contributed by atoms with Crippen LogP contribution in [0, 0.1) is 10.1 Å². The highest BCUT2D eigenvalue weighted by atomic mass is 16.6. The number of rotatable bonds is 4. The number of non-ortho nitro benzene ring substituents is 1. The molecule has 1 saturated carbocycles. The SMILES string of the molecule is C=CC(=O)NC1CCC(c2ccc([N+](=O)[O-])cc2)CC1. The van der Waals surface area contributed by atoms with Crippen LogP contribution in [0.15, 0.2) is 36.9 Å². The van der Waals surface area contributed by atoms with Gasteiger partial charge in [-0.05, 0) is 43.2 Å². The number of hydrogen-bond donors (Lipinski definition) is 1. The number of amides is 1. The van der Waals surface area contributed by atoms with Gasteiger partial charge < -0.3 is 5.32 Å². The molecular formula is C15H18N2O3. The Labute approximate surface area is 117 Å². The van der Waals surface area contributed by atoms with Crippen LogP contribution in [0.25, 0.3) is 0 Å². The summed E-state index contributed by atoms with van der Waals surface area (Å²) >= 11 is 0. The summed E-state index contributed by atoms with van der Waals surface area (Å²) in [6.07, 6.45) is 5.13. The molecule has 0 unspecified atom stereocenters. The van der Waals surface area contributed by atoms with Crippen LogP contribution in [-0.4, -0.2) is 16.9 Å². The molecule has 1 amide bonds. The van der Waals surface area contributed by atoms with Crippen LogP contribution in [0.3, 0.4) is 0 Å². The average Bonchev–Trinajstić information content (AvgIpc) is 2.48. The summed E-state index contributed by atoms with van der Waals surface area (Å²) in [6.45, 7) is 3.44. The molecule has 0 spiro atoms. The lowest BCUT2D eigenvalue weighted by molar-refractivity contribution is -0.384. The number of carbonyl (C=O) groups excluding carboxylic acids is 1. The van der Waals surface area contributed by atoms with Crippen molar-refractivity contribution in [1.82, 2.24) is 5.32 Å². The predicted octanol–water partition coefficient (Wildman–Crippen LogP) is 2.92. The molecular weight excluding hydrogens is 256 g/mol. The van der Waals surface area contributed by atoms with Gasteiger partial charge in [-0.2, -0.15) is 0 Å². The number of benzene rings is 1. The Balaban J connectivity index is 1.91. The van der Waals surface area contributed by atoms with E-state index in [1.807, 2.05) is 12.1 Å². The Kier molecular flexibility index (Phi) is 4.50. The van der Waals surface area contributed by atoms with E-state index < -0.39 is 0 Å². The van der Waals surface area contributed by atoms with Crippen LogP contribution in [0.4, 0.5) is 5.69 Å². The minimum absolute atomic E-state index is 0.121. The highest BCUT2D eigenvalue weighted by molar-refractivity contribution is 5.87. The molecule has 1 aromatic carbocycles. The van der Waals surface area contributed by atoms with Crippen LogP contribution in [0.5, 0.6) is 0 Å². The van der Waals surface area contributed by atoms with E-state index in [0.29, 0.717) is 5.92 Å². The van der Waals surface area contributed by atoms with Gasteiger partial charge in [0, 0.05) is 18.2 Å². The standard InChI is InChI=1S/C15H18N2O3/c1-2-15(18)16-13-7-3-11(4-8-13)12-5-9-14(10-6-12)17(19)20/h2,5-6,9-11,13H,1,3-4,7-8H2,(H,16,18). The minimum Gasteiger partial charge on any atom is -0.350 e. The third-order valence-corrected chi connectivity index (χ3v) is 3.83. The second kappa shape index (κ2) is 6.32. The first-order valence-electron chi connectivity index (χ1n) is 6.77. The molecule has 0 aliphatic heterocycles. The zero-order valence-corrected chi connectivity index (χ0v) is 11.2. The van der Waals surface area contributed by atoms with Crippen LogP contribution < -0.4 is 5.32 Å². The Morgan fingerprint density at radius 3 is 2.35 bits per heavy atom. The Bertz CT molecular complexity index is 502. The molecule has 0 radical (unpaired) electrons. The van der Waals surface area contributed by atoms with Crippen molar-refractivity contribution in [2.45, 2.75) is 37.6 Å². The van der Waals surface area contributed by atoms with Gasteiger partial charge >= 0.3 is 0 Å². The number of nitrogens with zero attached hydrogens (tertiary/aromatic N) is 1. The van der Waals surface area contributed by atoms with Crippen LogP contribution in [0.2, 0.25) is 0 Å². The van der Waals surface area contributed by atoms with Gasteiger partial charge in [-0.25, -0.2) is 0 Å². The molecule has 0 bridgehead atoms. The highest BCUT2D eigenvalue weighted by Gasteiger charge is 2.23. The van der Waals surface area contributed by atoms with Crippen molar-refractivity contribution in [3.8, 4) is 0 Å². The molecule has 2 rings (SSSR count). The maximum absolute atomic E-state index is 11.2. The maximum atomic E-state index is 11.2. The monoisotopic (exact) mass is 274 g/mol. The average molecular weight is 274 g/mol. The predicted molar refractivity (Wildman–Crippen MR) is 76.4 cm³/mol. The molecule has 20 heavy (non-hydrogen) atoms. The summed E-state index contributed by atoms with van der Waals surface area (Å²) in [5, 5.41) is 13.5. The van der Waals surface area contributed by atoms with E-state index in [0.717, 1.165) is 31.2 Å². The van der Waals surface area contributed by atoms with E-state index in [2.05, 4.69) is 11.9 Å². The fourth-order valence-electron chi connectivity index (χ4n) is 2.70. The van der Waals surface area contributed by atoms with Crippen molar-refractivity contribution < 1.29 is 9.72 Å². The van der Waals surface area contributed by atoms with Gasteiger partial charge in [-0.3, -0.25) is 14.9 Å². The van der Waals surface area contributed by atoms with E-state index in [1.54, 1.807) is 12.1 Å². The summed E-state index contributed by atoms with van der Waals surface area (Å²) in [5.41, 5.74) is 1.27. The lowest BCUT2D eigenvalue weighted by atomic mass is 9.81. The van der Waals surface area contributed by atoms with Gasteiger partial charge in [0.1, 0.15) is 0 Å². The van der Waals surface area contributed by atoms with Gasteiger partial charge in [0.25, 0.3) is 5.69 Å². The van der Waals surface area contributed by atoms with E-state index in [4.69, 9.17) is 0 Å². The molecule has 1 N–H and O–H groups in total. The van der Waals surface area contributed by atoms with Gasteiger partial charge in [0.2, 0.25) is 5.91 Å². The van der Waals surface area contributed by atoms with Gasteiger partial charge in [-0.15, -0.1) is 0 Å². The topological polar surface area (TPSA) is 72.2 Å². The molecule has 0 heterocycles. The zero-order valence-electron chi connectivity index (χ0n) is 11.2. The lowest BCUT2D eigenvalue weighted by Gasteiger charge is -2.29. The molecule has 0 atom stereocenters. The maximum Gasteiger partial charge on any atom is 0.269 e. The number of nitro benzene ring substituents is 1. The van der Waals surface area contributed by atoms with Gasteiger partial charge in [-0.1, -0.05) is 18.7 Å². The van der Waals surface area contributed by atoms with Crippen molar-refractivity contribution in [3.05, 3.63) is 52.6 Å². The number of nitrogens with one attached hydrogen (secondary N) is 1. The lowest BCUT2D eigenvalue weighted by Crippen LogP contribution is -2.36. The van der Waals surface area contributed by atoms with Crippen LogP contribution in [-0.2, 0) is 4.79 Å². The van der Waals surface area contributed by atoms with E-state index in [9.17, 15) is 14.9 Å².